The molecule has 0 aromatic carbocycles. The number of hydrogen-bond donors (Lipinski definition) is 5. The summed E-state index contributed by atoms with van der Waals surface area (Å²) in [4.78, 5) is 37.3. The summed E-state index contributed by atoms with van der Waals surface area (Å²) in [6.45, 7) is 3.71. The van der Waals surface area contributed by atoms with E-state index in [1.807, 2.05) is 0 Å². The van der Waals surface area contributed by atoms with Crippen molar-refractivity contribution < 1.29 is 43.9 Å². The zero-order valence-corrected chi connectivity index (χ0v) is 26.8. The lowest BCUT2D eigenvalue weighted by Crippen LogP contribution is -2.38. The predicted octanol–water partition coefficient (Wildman–Crippen LogP) is 2.06. The zero-order valence-electron chi connectivity index (χ0n) is 26.0. The molecular formula is C29H51N5O9S. The molecule has 1 saturated heterocycles. The van der Waals surface area contributed by atoms with Crippen LogP contribution >= 0.6 is 11.8 Å². The van der Waals surface area contributed by atoms with Crippen LogP contribution < -0.4 is 11.1 Å². The number of aromatic nitrogens is 3. The highest BCUT2D eigenvalue weighted by Gasteiger charge is 2.44. The maximum Gasteiger partial charge on any atom is 0.306 e. The second-order valence-corrected chi connectivity index (χ2v) is 12.1. The summed E-state index contributed by atoms with van der Waals surface area (Å²) in [5.41, 5.74) is 6.07. The van der Waals surface area contributed by atoms with E-state index in [4.69, 9.17) is 19.9 Å². The summed E-state index contributed by atoms with van der Waals surface area (Å²) in [6, 6.07) is -0.945. The summed E-state index contributed by atoms with van der Waals surface area (Å²) in [7, 11) is 0. The predicted molar refractivity (Wildman–Crippen MR) is 165 cm³/mol. The quantitative estimate of drug-likeness (QED) is 0.0854. The summed E-state index contributed by atoms with van der Waals surface area (Å²) in [6.07, 6.45) is 6.62. The Bertz CT molecular complexity index is 985. The molecule has 0 radical (unpaired) electrons. The third-order valence-electron chi connectivity index (χ3n) is 7.17. The monoisotopic (exact) mass is 645 g/mol. The highest BCUT2D eigenvalue weighted by atomic mass is 32.2. The lowest BCUT2D eigenvalue weighted by molar-refractivity contribution is -0.157. The van der Waals surface area contributed by atoms with Crippen molar-refractivity contribution in [3.8, 4) is 0 Å². The van der Waals surface area contributed by atoms with Gasteiger partial charge in [0.1, 0.15) is 31.0 Å². The van der Waals surface area contributed by atoms with Gasteiger partial charge >= 0.3 is 11.9 Å². The maximum atomic E-state index is 12.7. The number of amides is 1. The van der Waals surface area contributed by atoms with Crippen LogP contribution in [0.2, 0.25) is 0 Å². The molecule has 6 atom stereocenters. The van der Waals surface area contributed by atoms with Gasteiger partial charge in [-0.3, -0.25) is 14.4 Å². The van der Waals surface area contributed by atoms with E-state index in [0.29, 0.717) is 12.8 Å². The molecule has 0 aliphatic carbocycles. The first kappa shape index (κ1) is 37.9. The standard InChI is InChI=1S/C29H51N5O9S/c1-3-5-7-9-11-13-24(36)41-17-20(42-25(37)14-12-10-8-6-4-2)18-44-19-21(30)28(40)31-23-15-34(33-32-23)29-27(39)26(38)22(16-35)43-29/h15,20-22,26-27,29,35,38-39H,3-14,16-19,30H2,1-2H3,(H,31,40)/t20-,21-,22?,26-,27-,29+/m1/s1. The number of aliphatic hydroxyl groups excluding tert-OH is 3. The first-order chi connectivity index (χ1) is 21.2. The van der Waals surface area contributed by atoms with Crippen molar-refractivity contribution >= 4 is 35.4 Å². The number of ether oxygens (including phenoxy) is 3. The van der Waals surface area contributed by atoms with E-state index in [2.05, 4.69) is 29.5 Å². The number of hydrogen-bond acceptors (Lipinski definition) is 13. The van der Waals surface area contributed by atoms with E-state index < -0.39 is 49.2 Å². The average molecular weight is 646 g/mol. The number of nitrogens with two attached hydrogens (primary N) is 1. The van der Waals surface area contributed by atoms with Gasteiger partial charge in [0.05, 0.1) is 18.8 Å². The molecule has 6 N–H and O–H groups in total. The molecule has 15 heteroatoms. The Kier molecular flexibility index (Phi) is 18.5. The number of carbonyl (C=O) groups is 3. The van der Waals surface area contributed by atoms with Crippen molar-refractivity contribution in [3.63, 3.8) is 0 Å². The fourth-order valence-corrected chi connectivity index (χ4v) is 5.51. The fourth-order valence-electron chi connectivity index (χ4n) is 4.54. The van der Waals surface area contributed by atoms with Crippen LogP contribution in [0.3, 0.4) is 0 Å². The molecular weight excluding hydrogens is 594 g/mol. The van der Waals surface area contributed by atoms with Gasteiger partial charge in [-0.1, -0.05) is 70.4 Å². The number of carbonyl (C=O) groups excluding carboxylic acids is 3. The molecule has 252 valence electrons. The van der Waals surface area contributed by atoms with Crippen LogP contribution in [0.5, 0.6) is 0 Å². The topological polar surface area (TPSA) is 208 Å². The van der Waals surface area contributed by atoms with Gasteiger partial charge < -0.3 is 40.6 Å². The van der Waals surface area contributed by atoms with Crippen molar-refractivity contribution in [1.82, 2.24) is 15.0 Å². The smallest absolute Gasteiger partial charge is 0.306 e. The molecule has 0 spiro atoms. The molecule has 1 fully saturated rings. The van der Waals surface area contributed by atoms with Gasteiger partial charge in [-0.05, 0) is 12.8 Å². The van der Waals surface area contributed by atoms with Crippen molar-refractivity contribution in [2.75, 3.05) is 30.0 Å². The van der Waals surface area contributed by atoms with Crippen LogP contribution in [0.1, 0.15) is 97.1 Å². The Balaban J connectivity index is 1.82. The van der Waals surface area contributed by atoms with Gasteiger partial charge in [0.15, 0.2) is 12.0 Å². The van der Waals surface area contributed by atoms with Gasteiger partial charge in [-0.15, -0.1) is 5.10 Å². The van der Waals surface area contributed by atoms with Gasteiger partial charge in [-0.2, -0.15) is 11.8 Å². The zero-order chi connectivity index (χ0) is 32.3. The van der Waals surface area contributed by atoms with Gasteiger partial charge in [0.2, 0.25) is 5.91 Å². The molecule has 14 nitrogen and oxygen atoms in total. The maximum absolute atomic E-state index is 12.7. The number of aliphatic hydroxyl groups is 3. The number of thioether (sulfide) groups is 1. The van der Waals surface area contributed by atoms with E-state index in [1.54, 1.807) is 0 Å². The first-order valence-electron chi connectivity index (χ1n) is 15.7. The second kappa shape index (κ2) is 21.4. The summed E-state index contributed by atoms with van der Waals surface area (Å²) in [5.74, 6) is -0.685. The highest BCUT2D eigenvalue weighted by molar-refractivity contribution is 7.99. The minimum Gasteiger partial charge on any atom is -0.462 e. The first-order valence-corrected chi connectivity index (χ1v) is 16.9. The molecule has 0 saturated carbocycles. The lowest BCUT2D eigenvalue weighted by Gasteiger charge is -2.19. The van der Waals surface area contributed by atoms with E-state index in [1.165, 1.54) is 18.0 Å². The van der Waals surface area contributed by atoms with Crippen LogP contribution in [0, 0.1) is 0 Å². The van der Waals surface area contributed by atoms with Crippen LogP contribution in [0.15, 0.2) is 6.20 Å². The Morgan fingerprint density at radius 2 is 1.64 bits per heavy atom. The molecule has 44 heavy (non-hydrogen) atoms. The fraction of sp³-hybridized carbons (Fsp3) is 0.828. The van der Waals surface area contributed by atoms with Crippen LogP contribution in [0.25, 0.3) is 0 Å². The SMILES string of the molecule is CCCCCCCC(=O)OC[C@H](CSC[C@@H](N)C(=O)Nc1cn([C@H]2OC(CO)[C@@H](O)[C@H]2O)nn1)OC(=O)CCCCCCC. The molecule has 2 heterocycles. The Hall–Kier alpha value is -2.30. The second-order valence-electron chi connectivity index (χ2n) is 11.1. The van der Waals surface area contributed by atoms with Crippen molar-refractivity contribution in [2.24, 2.45) is 5.73 Å². The molecule has 1 aliphatic heterocycles. The van der Waals surface area contributed by atoms with Crippen molar-refractivity contribution in [2.45, 2.75) is 128 Å². The minimum absolute atomic E-state index is 0.0561. The third kappa shape index (κ3) is 13.8. The number of nitrogens with one attached hydrogen (secondary N) is 1. The number of anilines is 1. The average Bonchev–Trinajstić information content (AvgIpc) is 3.58. The Morgan fingerprint density at radius 1 is 1.00 bits per heavy atom. The molecule has 1 aromatic heterocycles. The molecule has 1 aliphatic rings. The van der Waals surface area contributed by atoms with E-state index in [0.717, 1.165) is 68.9 Å². The van der Waals surface area contributed by atoms with Gasteiger partial charge in [-0.25, -0.2) is 4.68 Å². The lowest BCUT2D eigenvalue weighted by atomic mass is 10.1. The molecule has 2 rings (SSSR count). The Labute approximate surface area is 263 Å². The third-order valence-corrected chi connectivity index (χ3v) is 8.38. The minimum atomic E-state index is -1.34. The van der Waals surface area contributed by atoms with Crippen LogP contribution in [-0.2, 0) is 28.6 Å². The largest absolute Gasteiger partial charge is 0.462 e. The van der Waals surface area contributed by atoms with Crippen molar-refractivity contribution in [3.05, 3.63) is 6.20 Å². The summed E-state index contributed by atoms with van der Waals surface area (Å²) >= 11 is 1.29. The Morgan fingerprint density at radius 3 is 2.25 bits per heavy atom. The van der Waals surface area contributed by atoms with Crippen LogP contribution in [0.4, 0.5) is 5.82 Å². The van der Waals surface area contributed by atoms with Gasteiger partial charge in [0, 0.05) is 24.3 Å². The number of nitrogens with zero attached hydrogens (tertiary/aromatic N) is 3. The molecule has 0 bridgehead atoms. The summed E-state index contributed by atoms with van der Waals surface area (Å²) in [5, 5.41) is 39.5. The van der Waals surface area contributed by atoms with Gasteiger partial charge in [0.25, 0.3) is 0 Å². The highest BCUT2D eigenvalue weighted by Crippen LogP contribution is 2.29. The van der Waals surface area contributed by atoms with E-state index >= 15 is 0 Å². The van der Waals surface area contributed by atoms with Crippen molar-refractivity contribution in [1.29, 1.82) is 0 Å². The molecule has 1 unspecified atom stereocenters. The molecule has 1 amide bonds. The normalized spacial score (nSPS) is 21.1. The van der Waals surface area contributed by atoms with Crippen LogP contribution in [-0.4, -0.2) is 103 Å². The number of unbranched alkanes of at least 4 members (excludes halogenated alkanes) is 8. The number of esters is 2. The number of rotatable bonds is 23. The molecule has 1 aromatic rings. The van der Waals surface area contributed by atoms with E-state index in [-0.39, 0.29) is 35.9 Å². The summed E-state index contributed by atoms with van der Waals surface area (Å²) < 4.78 is 17.6. The van der Waals surface area contributed by atoms with E-state index in [9.17, 15) is 29.7 Å².